The largest absolute Gasteiger partial charge is 0.457 e. The molecule has 0 saturated carbocycles. The number of aromatic nitrogens is 2. The van der Waals surface area contributed by atoms with Gasteiger partial charge in [0.2, 0.25) is 0 Å². The van der Waals surface area contributed by atoms with E-state index in [0.717, 1.165) is 49.9 Å². The van der Waals surface area contributed by atoms with Crippen LogP contribution in [0.1, 0.15) is 5.56 Å². The summed E-state index contributed by atoms with van der Waals surface area (Å²) in [6, 6.07) is 18.2. The molecule has 3 heterocycles. The fraction of sp³-hybridized carbons (Fsp3) is 0.360. The highest BCUT2D eigenvalue weighted by Crippen LogP contribution is 2.32. The Morgan fingerprint density at radius 3 is 2.25 bits per heavy atom. The van der Waals surface area contributed by atoms with Gasteiger partial charge in [-0.3, -0.25) is 4.90 Å². The third-order valence-corrected chi connectivity index (χ3v) is 6.42. The molecule has 32 heavy (non-hydrogen) atoms. The molecule has 7 nitrogen and oxygen atoms in total. The number of anilines is 1. The van der Waals surface area contributed by atoms with E-state index in [0.29, 0.717) is 11.8 Å². The first-order valence-corrected chi connectivity index (χ1v) is 11.1. The van der Waals surface area contributed by atoms with E-state index in [-0.39, 0.29) is 6.03 Å². The molecular formula is C25H29N5O2. The zero-order valence-electron chi connectivity index (χ0n) is 18.6. The van der Waals surface area contributed by atoms with Gasteiger partial charge in [0.05, 0.1) is 18.1 Å². The van der Waals surface area contributed by atoms with E-state index in [4.69, 9.17) is 4.74 Å². The van der Waals surface area contributed by atoms with Crippen LogP contribution in [0.3, 0.4) is 0 Å². The van der Waals surface area contributed by atoms with Crippen LogP contribution >= 0.6 is 0 Å². The Kier molecular flexibility index (Phi) is 5.57. The quantitative estimate of drug-likeness (QED) is 0.616. The number of amides is 1. The average Bonchev–Trinajstić information content (AvgIpc) is 3.50. The summed E-state index contributed by atoms with van der Waals surface area (Å²) in [6.07, 6.45) is 3.53. The number of benzene rings is 2. The molecule has 0 radical (unpaired) electrons. The summed E-state index contributed by atoms with van der Waals surface area (Å²) < 4.78 is 7.35. The van der Waals surface area contributed by atoms with Crippen LogP contribution in [-0.4, -0.2) is 65.9 Å². The zero-order chi connectivity index (χ0) is 22.1. The number of fused-ring (bicyclic) bond motifs is 1. The van der Waals surface area contributed by atoms with E-state index in [2.05, 4.69) is 22.1 Å². The van der Waals surface area contributed by atoms with E-state index in [1.54, 1.807) is 12.4 Å². The highest BCUT2D eigenvalue weighted by molar-refractivity contribution is 5.77. The Hall–Kier alpha value is -3.32. The normalized spacial score (nSPS) is 20.4. The predicted octanol–water partition coefficient (Wildman–Crippen LogP) is 3.77. The maximum Gasteiger partial charge on any atom is 0.344 e. The van der Waals surface area contributed by atoms with Crippen molar-refractivity contribution in [2.45, 2.75) is 6.54 Å². The molecule has 1 amide bonds. The van der Waals surface area contributed by atoms with Crippen molar-refractivity contribution < 1.29 is 9.53 Å². The Balaban J connectivity index is 1.13. The molecule has 2 aliphatic heterocycles. The second-order valence-electron chi connectivity index (χ2n) is 9.00. The van der Waals surface area contributed by atoms with Crippen molar-refractivity contribution in [1.82, 2.24) is 19.6 Å². The van der Waals surface area contributed by atoms with Crippen molar-refractivity contribution in [3.05, 3.63) is 72.6 Å². The van der Waals surface area contributed by atoms with Crippen molar-refractivity contribution in [1.29, 1.82) is 0 Å². The summed E-state index contributed by atoms with van der Waals surface area (Å²) >= 11 is 0. The van der Waals surface area contributed by atoms with Crippen LogP contribution in [0.25, 0.3) is 0 Å². The minimum atomic E-state index is -0.0203. The maximum absolute atomic E-state index is 12.8. The van der Waals surface area contributed by atoms with Gasteiger partial charge in [-0.15, -0.1) is 0 Å². The Labute approximate surface area is 188 Å². The lowest BCUT2D eigenvalue weighted by Crippen LogP contribution is -2.36. The van der Waals surface area contributed by atoms with Crippen LogP contribution in [-0.2, 0) is 6.54 Å². The number of nitrogens with zero attached hydrogens (tertiary/aromatic N) is 5. The van der Waals surface area contributed by atoms with Crippen LogP contribution in [0.2, 0.25) is 0 Å². The van der Waals surface area contributed by atoms with Crippen LogP contribution in [0.15, 0.2) is 67.0 Å². The molecule has 2 aliphatic rings. The molecule has 5 rings (SSSR count). The minimum Gasteiger partial charge on any atom is -0.457 e. The number of para-hydroxylation sites is 1. The van der Waals surface area contributed by atoms with Gasteiger partial charge in [-0.05, 0) is 41.7 Å². The molecule has 166 valence electrons. The summed E-state index contributed by atoms with van der Waals surface area (Å²) in [7, 11) is 3.90. The molecule has 2 fully saturated rings. The van der Waals surface area contributed by atoms with Gasteiger partial charge < -0.3 is 14.5 Å². The van der Waals surface area contributed by atoms with Gasteiger partial charge in [-0.25, -0.2) is 4.79 Å². The second kappa shape index (κ2) is 8.67. The first kappa shape index (κ1) is 20.6. The van der Waals surface area contributed by atoms with Gasteiger partial charge in [0.15, 0.2) is 0 Å². The average molecular weight is 432 g/mol. The lowest BCUT2D eigenvalue weighted by Gasteiger charge is -2.21. The zero-order valence-corrected chi connectivity index (χ0v) is 18.6. The number of hydrogen-bond acceptors (Lipinski definition) is 5. The van der Waals surface area contributed by atoms with Crippen molar-refractivity contribution in [3.8, 4) is 11.5 Å². The minimum absolute atomic E-state index is 0.0203. The Morgan fingerprint density at radius 2 is 1.62 bits per heavy atom. The molecule has 1 aromatic heterocycles. The molecule has 0 spiro atoms. The van der Waals surface area contributed by atoms with E-state index in [1.807, 2.05) is 66.4 Å². The Bertz CT molecular complexity index is 1050. The number of carbonyl (C=O) groups excluding carboxylic acids is 1. The summed E-state index contributed by atoms with van der Waals surface area (Å²) in [4.78, 5) is 19.2. The fourth-order valence-electron chi connectivity index (χ4n) is 4.72. The molecular weight excluding hydrogens is 402 g/mol. The first-order valence-electron chi connectivity index (χ1n) is 11.1. The second-order valence-corrected chi connectivity index (χ2v) is 9.00. The smallest absolute Gasteiger partial charge is 0.344 e. The summed E-state index contributed by atoms with van der Waals surface area (Å²) in [6.45, 7) is 4.59. The van der Waals surface area contributed by atoms with E-state index < -0.39 is 0 Å². The highest BCUT2D eigenvalue weighted by atomic mass is 16.5. The third kappa shape index (κ3) is 4.34. The molecule has 3 aromatic rings. The van der Waals surface area contributed by atoms with Crippen molar-refractivity contribution in [2.75, 3.05) is 45.2 Å². The van der Waals surface area contributed by atoms with Crippen LogP contribution in [0.4, 0.5) is 10.5 Å². The van der Waals surface area contributed by atoms with Crippen molar-refractivity contribution in [3.63, 3.8) is 0 Å². The highest BCUT2D eigenvalue weighted by Gasteiger charge is 2.41. The Morgan fingerprint density at radius 1 is 0.969 bits per heavy atom. The predicted molar refractivity (Wildman–Crippen MR) is 124 cm³/mol. The molecule has 7 heteroatoms. The molecule has 0 N–H and O–H groups in total. The van der Waals surface area contributed by atoms with Gasteiger partial charge in [-0.1, -0.05) is 30.3 Å². The molecule has 2 atom stereocenters. The lowest BCUT2D eigenvalue weighted by atomic mass is 10.0. The van der Waals surface area contributed by atoms with E-state index in [1.165, 1.54) is 10.2 Å². The van der Waals surface area contributed by atoms with E-state index in [9.17, 15) is 4.79 Å². The summed E-state index contributed by atoms with van der Waals surface area (Å²) in [5.74, 6) is 2.76. The standard InChI is InChI=1S/C25H29N5O2/c1-27(2)22-12-26-30(18-22)25(31)29-16-20-14-28(15-21(20)17-29)13-19-8-10-24(11-9-19)32-23-6-4-3-5-7-23/h3-12,18,20-21H,13-17H2,1-2H3. The van der Waals surface area contributed by atoms with Crippen LogP contribution in [0.5, 0.6) is 11.5 Å². The lowest BCUT2D eigenvalue weighted by molar-refractivity contribution is 0.197. The maximum atomic E-state index is 12.8. The van der Waals surface area contributed by atoms with Crippen LogP contribution in [0, 0.1) is 11.8 Å². The van der Waals surface area contributed by atoms with Gasteiger partial charge >= 0.3 is 6.03 Å². The fourth-order valence-corrected chi connectivity index (χ4v) is 4.72. The van der Waals surface area contributed by atoms with Gasteiger partial charge in [0.1, 0.15) is 11.5 Å². The first-order chi connectivity index (χ1) is 15.5. The topological polar surface area (TPSA) is 53.8 Å². The molecule has 2 aromatic carbocycles. The van der Waals surface area contributed by atoms with E-state index >= 15 is 0 Å². The van der Waals surface area contributed by atoms with Gasteiger partial charge in [0, 0.05) is 46.8 Å². The molecule has 2 unspecified atom stereocenters. The number of carbonyl (C=O) groups is 1. The number of ether oxygens (including phenoxy) is 1. The summed E-state index contributed by atoms with van der Waals surface area (Å²) in [5.41, 5.74) is 2.22. The van der Waals surface area contributed by atoms with Crippen LogP contribution < -0.4 is 9.64 Å². The van der Waals surface area contributed by atoms with Gasteiger partial charge in [0.25, 0.3) is 0 Å². The van der Waals surface area contributed by atoms with Crippen molar-refractivity contribution >= 4 is 11.7 Å². The van der Waals surface area contributed by atoms with Gasteiger partial charge in [-0.2, -0.15) is 9.78 Å². The SMILES string of the molecule is CN(C)c1cnn(C(=O)N2CC3CN(Cc4ccc(Oc5ccccc5)cc4)CC3C2)c1. The molecule has 2 saturated heterocycles. The molecule has 0 aliphatic carbocycles. The number of likely N-dealkylation sites (tertiary alicyclic amines) is 2. The summed E-state index contributed by atoms with van der Waals surface area (Å²) in [5, 5.41) is 4.24. The number of rotatable bonds is 5. The third-order valence-electron chi connectivity index (χ3n) is 6.42. The monoisotopic (exact) mass is 431 g/mol. The number of hydrogen-bond donors (Lipinski definition) is 0. The van der Waals surface area contributed by atoms with Crippen molar-refractivity contribution in [2.24, 2.45) is 11.8 Å². The molecule has 0 bridgehead atoms.